The Labute approximate surface area is 103 Å². The van der Waals surface area contributed by atoms with Crippen LogP contribution < -0.4 is 16.0 Å². The van der Waals surface area contributed by atoms with Crippen LogP contribution in [0.1, 0.15) is 0 Å². The normalized spacial score (nSPS) is 10.3. The molecule has 0 aliphatic carbocycles. The highest BCUT2D eigenvalue weighted by Crippen LogP contribution is 2.28. The standard InChI is InChI=1S/C12H13N3O3/c1-2-5-18-8-3-4-9-10(14-17)7-15(12(13)16)11(9)6-8/h2-4,6-7,14,17H,1,5H2,(H2,13,16). The molecule has 6 nitrogen and oxygen atoms in total. The minimum absolute atomic E-state index is 0.369. The molecule has 4 N–H and O–H groups in total. The van der Waals surface area contributed by atoms with Gasteiger partial charge in [-0.2, -0.15) is 0 Å². The maximum absolute atomic E-state index is 11.3. The Morgan fingerprint density at radius 1 is 1.61 bits per heavy atom. The van der Waals surface area contributed by atoms with Crippen LogP contribution in [-0.4, -0.2) is 22.4 Å². The van der Waals surface area contributed by atoms with Gasteiger partial charge in [-0.3, -0.25) is 15.3 Å². The number of carbonyl (C=O) groups excluding carboxylic acids is 1. The molecule has 0 spiro atoms. The number of aromatic nitrogens is 1. The SMILES string of the molecule is C=CCOc1ccc2c(NO)cn(C(N)=O)c2c1. The molecule has 0 aliphatic heterocycles. The molecular formula is C12H13N3O3. The summed E-state index contributed by atoms with van der Waals surface area (Å²) in [6.07, 6.45) is 3.04. The van der Waals surface area contributed by atoms with Crippen molar-refractivity contribution in [3.05, 3.63) is 37.1 Å². The molecule has 0 radical (unpaired) electrons. The molecule has 6 heteroatoms. The van der Waals surface area contributed by atoms with E-state index in [0.29, 0.717) is 28.9 Å². The second kappa shape index (κ2) is 4.80. The average Bonchev–Trinajstić information content (AvgIpc) is 2.74. The van der Waals surface area contributed by atoms with Crippen LogP contribution in [0.4, 0.5) is 10.5 Å². The van der Waals surface area contributed by atoms with Crippen molar-refractivity contribution in [2.24, 2.45) is 5.73 Å². The summed E-state index contributed by atoms with van der Waals surface area (Å²) in [4.78, 5) is 11.3. The highest BCUT2D eigenvalue weighted by atomic mass is 16.5. The van der Waals surface area contributed by atoms with Crippen molar-refractivity contribution in [2.75, 3.05) is 12.1 Å². The highest BCUT2D eigenvalue weighted by Gasteiger charge is 2.12. The molecular weight excluding hydrogens is 234 g/mol. The number of nitrogens with two attached hydrogens (primary N) is 1. The topological polar surface area (TPSA) is 89.5 Å². The molecule has 0 saturated carbocycles. The quantitative estimate of drug-likeness (QED) is 0.569. The number of amides is 1. The Kier molecular flexibility index (Phi) is 3.20. The van der Waals surface area contributed by atoms with Crippen LogP contribution in [-0.2, 0) is 0 Å². The van der Waals surface area contributed by atoms with Crippen molar-refractivity contribution in [1.29, 1.82) is 0 Å². The number of rotatable bonds is 4. The molecule has 2 aromatic rings. The van der Waals surface area contributed by atoms with Gasteiger partial charge in [0.15, 0.2) is 0 Å². The van der Waals surface area contributed by atoms with E-state index in [-0.39, 0.29) is 0 Å². The number of benzene rings is 1. The Bertz CT molecular complexity index is 604. The van der Waals surface area contributed by atoms with Crippen LogP contribution in [0.2, 0.25) is 0 Å². The van der Waals surface area contributed by atoms with E-state index in [1.807, 2.05) is 5.48 Å². The number of hydrogen-bond acceptors (Lipinski definition) is 4. The van der Waals surface area contributed by atoms with Crippen molar-refractivity contribution in [2.45, 2.75) is 0 Å². The number of primary amides is 1. The molecule has 18 heavy (non-hydrogen) atoms. The summed E-state index contributed by atoms with van der Waals surface area (Å²) in [5.41, 5.74) is 8.24. The van der Waals surface area contributed by atoms with Gasteiger partial charge in [0, 0.05) is 17.6 Å². The molecule has 1 aromatic heterocycles. The van der Waals surface area contributed by atoms with E-state index in [2.05, 4.69) is 6.58 Å². The Morgan fingerprint density at radius 3 is 3.00 bits per heavy atom. The van der Waals surface area contributed by atoms with Gasteiger partial charge in [0.1, 0.15) is 12.4 Å². The van der Waals surface area contributed by atoms with E-state index in [1.54, 1.807) is 24.3 Å². The van der Waals surface area contributed by atoms with Crippen LogP contribution in [0, 0.1) is 0 Å². The first kappa shape index (κ1) is 12.0. The number of anilines is 1. The third-order valence-electron chi connectivity index (χ3n) is 2.50. The summed E-state index contributed by atoms with van der Waals surface area (Å²) in [6, 6.07) is 4.50. The fourth-order valence-corrected chi connectivity index (χ4v) is 1.72. The van der Waals surface area contributed by atoms with E-state index in [1.165, 1.54) is 10.8 Å². The summed E-state index contributed by atoms with van der Waals surface area (Å²) in [5.74, 6) is 0.590. The first-order chi connectivity index (χ1) is 8.67. The lowest BCUT2D eigenvalue weighted by molar-refractivity contribution is 0.251. The maximum Gasteiger partial charge on any atom is 0.323 e. The summed E-state index contributed by atoms with van der Waals surface area (Å²) >= 11 is 0. The van der Waals surface area contributed by atoms with Gasteiger partial charge >= 0.3 is 6.03 Å². The Morgan fingerprint density at radius 2 is 2.39 bits per heavy atom. The van der Waals surface area contributed by atoms with Crippen LogP contribution in [0.5, 0.6) is 5.75 Å². The molecule has 0 unspecified atom stereocenters. The molecule has 0 atom stereocenters. The zero-order valence-electron chi connectivity index (χ0n) is 9.59. The second-order valence-electron chi connectivity index (χ2n) is 3.64. The van der Waals surface area contributed by atoms with E-state index in [4.69, 9.17) is 15.7 Å². The van der Waals surface area contributed by atoms with E-state index >= 15 is 0 Å². The first-order valence-electron chi connectivity index (χ1n) is 5.26. The van der Waals surface area contributed by atoms with Crippen LogP contribution in [0.25, 0.3) is 10.9 Å². The van der Waals surface area contributed by atoms with Gasteiger partial charge in [0.05, 0.1) is 11.2 Å². The Hall–Kier alpha value is -2.47. The first-order valence-corrected chi connectivity index (χ1v) is 5.26. The van der Waals surface area contributed by atoms with E-state index < -0.39 is 6.03 Å². The molecule has 1 amide bonds. The number of nitrogens with zero attached hydrogens (tertiary/aromatic N) is 1. The molecule has 94 valence electrons. The third-order valence-corrected chi connectivity index (χ3v) is 2.50. The van der Waals surface area contributed by atoms with Crippen molar-refractivity contribution >= 4 is 22.6 Å². The molecule has 0 aliphatic rings. The molecule has 0 bridgehead atoms. The monoisotopic (exact) mass is 247 g/mol. The van der Waals surface area contributed by atoms with Gasteiger partial charge in [-0.25, -0.2) is 4.79 Å². The molecule has 1 aromatic carbocycles. The molecule has 0 saturated heterocycles. The van der Waals surface area contributed by atoms with E-state index in [9.17, 15) is 4.79 Å². The minimum Gasteiger partial charge on any atom is -0.489 e. The van der Waals surface area contributed by atoms with Gasteiger partial charge < -0.3 is 10.5 Å². The van der Waals surface area contributed by atoms with Crippen LogP contribution >= 0.6 is 0 Å². The van der Waals surface area contributed by atoms with Crippen LogP contribution in [0.3, 0.4) is 0 Å². The van der Waals surface area contributed by atoms with Gasteiger partial charge in [-0.15, -0.1) is 0 Å². The zero-order valence-corrected chi connectivity index (χ0v) is 9.59. The van der Waals surface area contributed by atoms with Crippen molar-refractivity contribution in [3.8, 4) is 5.75 Å². The summed E-state index contributed by atoms with van der Waals surface area (Å²) in [6.45, 7) is 3.92. The Balaban J connectivity index is 2.55. The predicted molar refractivity (Wildman–Crippen MR) is 68.0 cm³/mol. The van der Waals surface area contributed by atoms with Gasteiger partial charge in [0.25, 0.3) is 0 Å². The molecule has 1 heterocycles. The van der Waals surface area contributed by atoms with Crippen molar-refractivity contribution < 1.29 is 14.7 Å². The fraction of sp³-hybridized carbons (Fsp3) is 0.0833. The fourth-order valence-electron chi connectivity index (χ4n) is 1.72. The van der Waals surface area contributed by atoms with Crippen LogP contribution in [0.15, 0.2) is 37.1 Å². The number of nitrogens with one attached hydrogen (secondary N) is 1. The predicted octanol–water partition coefficient (Wildman–Crippen LogP) is 1.93. The smallest absolute Gasteiger partial charge is 0.323 e. The average molecular weight is 247 g/mol. The number of carbonyl (C=O) groups is 1. The number of ether oxygens (including phenoxy) is 1. The third kappa shape index (κ3) is 2.01. The lowest BCUT2D eigenvalue weighted by Gasteiger charge is -2.04. The van der Waals surface area contributed by atoms with Crippen molar-refractivity contribution in [3.63, 3.8) is 0 Å². The summed E-state index contributed by atoms with van der Waals surface area (Å²) < 4.78 is 6.61. The summed E-state index contributed by atoms with van der Waals surface area (Å²) in [5, 5.41) is 9.65. The number of hydrogen-bond donors (Lipinski definition) is 3. The molecule has 0 fully saturated rings. The minimum atomic E-state index is -0.637. The van der Waals surface area contributed by atoms with Gasteiger partial charge in [0.2, 0.25) is 0 Å². The maximum atomic E-state index is 11.3. The van der Waals surface area contributed by atoms with Gasteiger partial charge in [-0.1, -0.05) is 12.7 Å². The number of fused-ring (bicyclic) bond motifs is 1. The highest BCUT2D eigenvalue weighted by molar-refractivity contribution is 5.99. The van der Waals surface area contributed by atoms with Crippen molar-refractivity contribution in [1.82, 2.24) is 4.57 Å². The van der Waals surface area contributed by atoms with E-state index in [0.717, 1.165) is 0 Å². The van der Waals surface area contributed by atoms with Gasteiger partial charge in [-0.05, 0) is 12.1 Å². The summed E-state index contributed by atoms with van der Waals surface area (Å²) in [7, 11) is 0. The largest absolute Gasteiger partial charge is 0.489 e. The lowest BCUT2D eigenvalue weighted by Crippen LogP contribution is -2.18. The molecule has 2 rings (SSSR count). The second-order valence-corrected chi connectivity index (χ2v) is 3.64. The zero-order chi connectivity index (χ0) is 13.1. The lowest BCUT2D eigenvalue weighted by atomic mass is 10.2.